The van der Waals surface area contributed by atoms with Crippen molar-refractivity contribution in [3.05, 3.63) is 41.1 Å². The zero-order valence-electron chi connectivity index (χ0n) is 17.8. The molecule has 0 spiro atoms. The van der Waals surface area contributed by atoms with Gasteiger partial charge in [0.25, 0.3) is 10.0 Å². The number of hydrogen-bond acceptors (Lipinski definition) is 5. The van der Waals surface area contributed by atoms with Crippen LogP contribution in [0.2, 0.25) is 0 Å². The largest absolute Gasteiger partial charge is 0.359 e. The lowest BCUT2D eigenvalue weighted by Crippen LogP contribution is -2.40. The van der Waals surface area contributed by atoms with Gasteiger partial charge in [-0.1, -0.05) is 19.1 Å². The molecule has 1 aromatic rings. The van der Waals surface area contributed by atoms with Gasteiger partial charge in [0, 0.05) is 12.2 Å². The van der Waals surface area contributed by atoms with Crippen molar-refractivity contribution in [1.82, 2.24) is 20.7 Å². The van der Waals surface area contributed by atoms with Gasteiger partial charge in [0.2, 0.25) is 12.3 Å². The van der Waals surface area contributed by atoms with Gasteiger partial charge in [-0.05, 0) is 74.5 Å². The highest BCUT2D eigenvalue weighted by Gasteiger charge is 2.43. The van der Waals surface area contributed by atoms with Gasteiger partial charge >= 0.3 is 0 Å². The Bertz CT molecular complexity index is 1030. The van der Waals surface area contributed by atoms with Crippen LogP contribution in [0.3, 0.4) is 0 Å². The maximum absolute atomic E-state index is 13.0. The first-order valence-electron chi connectivity index (χ1n) is 10.2. The summed E-state index contributed by atoms with van der Waals surface area (Å²) in [6.07, 6.45) is 5.06. The molecular formula is C21H28N4O4S2. The molecule has 0 saturated heterocycles. The minimum Gasteiger partial charge on any atom is -0.359 e. The molecule has 3 rings (SSSR count). The molecule has 31 heavy (non-hydrogen) atoms. The topological polar surface area (TPSA) is 116 Å². The summed E-state index contributed by atoms with van der Waals surface area (Å²) in [6.45, 7) is 5.49. The fourth-order valence-corrected chi connectivity index (χ4v) is 5.60. The molecule has 0 bridgehead atoms. The summed E-state index contributed by atoms with van der Waals surface area (Å²) in [4.78, 5) is 24.0. The minimum absolute atomic E-state index is 0.0724. The molecule has 0 radical (unpaired) electrons. The molecule has 10 heteroatoms. The van der Waals surface area contributed by atoms with Crippen molar-refractivity contribution in [3.63, 3.8) is 0 Å². The lowest BCUT2D eigenvalue weighted by molar-refractivity contribution is -0.128. The molecule has 8 nitrogen and oxygen atoms in total. The summed E-state index contributed by atoms with van der Waals surface area (Å²) < 4.78 is 28.3. The van der Waals surface area contributed by atoms with E-state index in [-0.39, 0.29) is 22.0 Å². The standard InChI is InChI=1S/C21H28N4O4S2/c1-4-21(14(3)11-22-19(21)27)10-17(23-12-26)15-6-5-13(2)18(9-15)31(28,29)25-20(30)24-16-7-8-16/h5-6,9,11-12,16-17H,4,7-8,10H2,1-3H3,(H,22,27)(H,23,26)(H2,24,25,30). The first-order valence-corrected chi connectivity index (χ1v) is 12.1. The lowest BCUT2D eigenvalue weighted by atomic mass is 9.73. The van der Waals surface area contributed by atoms with Crippen LogP contribution in [0.5, 0.6) is 0 Å². The number of carbonyl (C=O) groups is 2. The number of sulfonamides is 1. The molecule has 1 aliphatic carbocycles. The van der Waals surface area contributed by atoms with E-state index in [0.717, 1.165) is 18.4 Å². The summed E-state index contributed by atoms with van der Waals surface area (Å²) >= 11 is 5.13. The molecular weight excluding hydrogens is 436 g/mol. The number of aryl methyl sites for hydroxylation is 1. The van der Waals surface area contributed by atoms with Gasteiger partial charge in [0.15, 0.2) is 5.11 Å². The Kier molecular flexibility index (Phi) is 6.70. The van der Waals surface area contributed by atoms with Gasteiger partial charge in [0.1, 0.15) is 0 Å². The maximum atomic E-state index is 13.0. The molecule has 2 aliphatic rings. The van der Waals surface area contributed by atoms with E-state index in [9.17, 15) is 18.0 Å². The zero-order chi connectivity index (χ0) is 22.8. The SMILES string of the molecule is CCC1(CC(NC=O)c2ccc(C)c(S(=O)(=O)NC(=S)NC3CC3)c2)C(=O)NC=C1C. The molecule has 1 aromatic carbocycles. The third-order valence-electron chi connectivity index (χ3n) is 6.08. The highest BCUT2D eigenvalue weighted by atomic mass is 32.2. The van der Waals surface area contributed by atoms with Crippen LogP contribution < -0.4 is 20.7 Å². The smallest absolute Gasteiger partial charge is 0.263 e. The van der Waals surface area contributed by atoms with E-state index in [1.165, 1.54) is 6.07 Å². The monoisotopic (exact) mass is 464 g/mol. The third-order valence-corrected chi connectivity index (χ3v) is 7.92. The molecule has 1 saturated carbocycles. The highest BCUT2D eigenvalue weighted by Crippen LogP contribution is 2.42. The van der Waals surface area contributed by atoms with Crippen LogP contribution >= 0.6 is 12.2 Å². The van der Waals surface area contributed by atoms with Gasteiger partial charge in [-0.25, -0.2) is 8.42 Å². The molecule has 1 aliphatic heterocycles. The predicted octanol–water partition coefficient (Wildman–Crippen LogP) is 1.92. The van der Waals surface area contributed by atoms with Crippen molar-refractivity contribution < 1.29 is 18.0 Å². The zero-order valence-corrected chi connectivity index (χ0v) is 19.5. The van der Waals surface area contributed by atoms with Crippen molar-refractivity contribution >= 4 is 39.7 Å². The van der Waals surface area contributed by atoms with E-state index in [0.29, 0.717) is 30.4 Å². The van der Waals surface area contributed by atoms with E-state index in [2.05, 4.69) is 20.7 Å². The second-order valence-electron chi connectivity index (χ2n) is 8.16. The summed E-state index contributed by atoms with van der Waals surface area (Å²) in [6, 6.07) is 4.68. The quantitative estimate of drug-likeness (QED) is 0.328. The van der Waals surface area contributed by atoms with Gasteiger partial charge in [-0.2, -0.15) is 0 Å². The lowest BCUT2D eigenvalue weighted by Gasteiger charge is -2.31. The Morgan fingerprint density at radius 1 is 1.35 bits per heavy atom. The number of thiocarbonyl (C=S) groups is 1. The van der Waals surface area contributed by atoms with Gasteiger partial charge in [0.05, 0.1) is 16.4 Å². The second kappa shape index (κ2) is 8.96. The average molecular weight is 465 g/mol. The van der Waals surface area contributed by atoms with Gasteiger partial charge < -0.3 is 16.0 Å². The Labute approximate surface area is 188 Å². The van der Waals surface area contributed by atoms with E-state index < -0.39 is 21.5 Å². The first kappa shape index (κ1) is 23.2. The molecule has 0 aromatic heterocycles. The van der Waals surface area contributed by atoms with E-state index in [1.54, 1.807) is 25.3 Å². The van der Waals surface area contributed by atoms with Crippen molar-refractivity contribution in [2.24, 2.45) is 5.41 Å². The number of rotatable bonds is 9. The van der Waals surface area contributed by atoms with Crippen LogP contribution in [0.4, 0.5) is 0 Å². The summed E-state index contributed by atoms with van der Waals surface area (Å²) in [5.74, 6) is -0.122. The molecule has 4 N–H and O–H groups in total. The van der Waals surface area contributed by atoms with Gasteiger partial charge in [-0.15, -0.1) is 0 Å². The summed E-state index contributed by atoms with van der Waals surface area (Å²) in [5.41, 5.74) is 1.27. The van der Waals surface area contributed by atoms with Crippen molar-refractivity contribution in [2.75, 3.05) is 0 Å². The number of nitrogens with one attached hydrogen (secondary N) is 4. The van der Waals surface area contributed by atoms with Gasteiger partial charge in [-0.3, -0.25) is 14.3 Å². The van der Waals surface area contributed by atoms with E-state index in [1.807, 2.05) is 13.8 Å². The van der Waals surface area contributed by atoms with Crippen LogP contribution in [0, 0.1) is 12.3 Å². The Morgan fingerprint density at radius 2 is 2.06 bits per heavy atom. The minimum atomic E-state index is -3.91. The van der Waals surface area contributed by atoms with Crippen molar-refractivity contribution in [1.29, 1.82) is 0 Å². The number of carbonyl (C=O) groups excluding carboxylic acids is 2. The predicted molar refractivity (Wildman–Crippen MR) is 121 cm³/mol. The number of amides is 2. The molecule has 1 heterocycles. The third kappa shape index (κ3) is 4.90. The van der Waals surface area contributed by atoms with Crippen molar-refractivity contribution in [2.45, 2.75) is 63.4 Å². The van der Waals surface area contributed by atoms with E-state index >= 15 is 0 Å². The molecule has 2 unspecified atom stereocenters. The highest BCUT2D eigenvalue weighted by molar-refractivity contribution is 7.91. The number of benzene rings is 1. The van der Waals surface area contributed by atoms with E-state index in [4.69, 9.17) is 12.2 Å². The molecule has 168 valence electrons. The summed E-state index contributed by atoms with van der Waals surface area (Å²) in [7, 11) is -3.91. The van der Waals surface area contributed by atoms with Crippen LogP contribution in [0.15, 0.2) is 34.9 Å². The van der Waals surface area contributed by atoms with Crippen LogP contribution in [-0.4, -0.2) is 31.9 Å². The average Bonchev–Trinajstić information content (AvgIpc) is 3.47. The van der Waals surface area contributed by atoms with Crippen LogP contribution in [-0.2, 0) is 19.6 Å². The van der Waals surface area contributed by atoms with Crippen molar-refractivity contribution in [3.8, 4) is 0 Å². The molecule has 2 amide bonds. The maximum Gasteiger partial charge on any atom is 0.263 e. The molecule has 2 atom stereocenters. The second-order valence-corrected chi connectivity index (χ2v) is 10.2. The molecule has 1 fully saturated rings. The van der Waals surface area contributed by atoms with Crippen LogP contribution in [0.1, 0.15) is 56.7 Å². The fourth-order valence-electron chi connectivity index (χ4n) is 3.91. The Morgan fingerprint density at radius 3 is 2.61 bits per heavy atom. The Hall–Kier alpha value is -2.46. The number of hydrogen-bond donors (Lipinski definition) is 4. The normalized spacial score (nSPS) is 21.6. The summed E-state index contributed by atoms with van der Waals surface area (Å²) in [5, 5.41) is 8.54. The first-order chi connectivity index (χ1) is 14.6. The Balaban J connectivity index is 1.91. The van der Waals surface area contributed by atoms with Crippen LogP contribution in [0.25, 0.3) is 0 Å². The fraction of sp³-hybridized carbons (Fsp3) is 0.476.